The van der Waals surface area contributed by atoms with Crippen molar-refractivity contribution in [3.05, 3.63) is 29.3 Å². The normalized spacial score (nSPS) is 10.2. The molecule has 0 atom stereocenters. The van der Waals surface area contributed by atoms with Crippen molar-refractivity contribution >= 4 is 17.6 Å². The van der Waals surface area contributed by atoms with Crippen molar-refractivity contribution in [3.63, 3.8) is 0 Å². The van der Waals surface area contributed by atoms with Crippen LogP contribution in [0.2, 0.25) is 0 Å². The highest BCUT2D eigenvalue weighted by atomic mass is 19.1. The van der Waals surface area contributed by atoms with Gasteiger partial charge in [0.05, 0.1) is 12.1 Å². The Kier molecular flexibility index (Phi) is 4.19. The van der Waals surface area contributed by atoms with Crippen LogP contribution in [0.15, 0.2) is 12.1 Å². The number of amides is 1. The van der Waals surface area contributed by atoms with Gasteiger partial charge in [-0.1, -0.05) is 0 Å². The van der Waals surface area contributed by atoms with E-state index in [9.17, 15) is 18.4 Å². The predicted molar refractivity (Wildman–Crippen MR) is 60.4 cm³/mol. The molecule has 0 saturated heterocycles. The van der Waals surface area contributed by atoms with Crippen LogP contribution in [0.1, 0.15) is 17.3 Å². The zero-order valence-electron chi connectivity index (χ0n) is 9.61. The summed E-state index contributed by atoms with van der Waals surface area (Å²) in [5.74, 6) is -4.26. The molecule has 1 aromatic carbocycles. The van der Waals surface area contributed by atoms with Crippen LogP contribution in [-0.2, 0) is 4.79 Å². The maximum Gasteiger partial charge on any atom is 0.335 e. The number of anilines is 1. The van der Waals surface area contributed by atoms with Gasteiger partial charge in [0, 0.05) is 6.54 Å². The molecular formula is C11H12F2N2O3. The number of nitrogens with two attached hydrogens (primary N) is 1. The summed E-state index contributed by atoms with van der Waals surface area (Å²) in [6.45, 7) is 1.40. The van der Waals surface area contributed by atoms with E-state index >= 15 is 0 Å². The first kappa shape index (κ1) is 13.9. The molecule has 0 aromatic heterocycles. The van der Waals surface area contributed by atoms with Crippen LogP contribution in [-0.4, -0.2) is 30.1 Å². The molecule has 18 heavy (non-hydrogen) atoms. The minimum Gasteiger partial charge on any atom is -0.478 e. The highest BCUT2D eigenvalue weighted by Gasteiger charge is 2.20. The van der Waals surface area contributed by atoms with Gasteiger partial charge < -0.3 is 15.7 Å². The summed E-state index contributed by atoms with van der Waals surface area (Å²) in [4.78, 5) is 22.5. The molecule has 0 heterocycles. The zero-order valence-corrected chi connectivity index (χ0v) is 9.61. The average Bonchev–Trinajstić information content (AvgIpc) is 2.25. The minimum absolute atomic E-state index is 0.156. The van der Waals surface area contributed by atoms with Gasteiger partial charge in [-0.15, -0.1) is 0 Å². The lowest BCUT2D eigenvalue weighted by Gasteiger charge is -2.22. The molecule has 0 saturated carbocycles. The van der Waals surface area contributed by atoms with E-state index < -0.39 is 34.8 Å². The molecule has 0 spiro atoms. The maximum atomic E-state index is 13.7. The van der Waals surface area contributed by atoms with Crippen molar-refractivity contribution in [3.8, 4) is 0 Å². The van der Waals surface area contributed by atoms with Crippen molar-refractivity contribution in [1.29, 1.82) is 0 Å². The number of rotatable bonds is 5. The van der Waals surface area contributed by atoms with Gasteiger partial charge in [-0.3, -0.25) is 4.79 Å². The molecule has 7 heteroatoms. The Hall–Kier alpha value is -2.18. The van der Waals surface area contributed by atoms with Crippen LogP contribution < -0.4 is 10.6 Å². The molecule has 0 bridgehead atoms. The SMILES string of the molecule is CCN(CC(N)=O)c1c(F)cc(C(=O)O)cc1F. The topological polar surface area (TPSA) is 83.6 Å². The molecule has 3 N–H and O–H groups in total. The molecule has 0 aliphatic carbocycles. The number of hydrogen-bond donors (Lipinski definition) is 2. The Balaban J connectivity index is 3.23. The van der Waals surface area contributed by atoms with Gasteiger partial charge in [0.1, 0.15) is 17.3 Å². The standard InChI is InChI=1S/C11H12F2N2O3/c1-2-15(5-9(14)16)10-7(12)3-6(11(17)18)4-8(10)13/h3-4H,2,5H2,1H3,(H2,14,16)(H,17,18). The lowest BCUT2D eigenvalue weighted by Crippen LogP contribution is -2.34. The van der Waals surface area contributed by atoms with E-state index in [0.717, 1.165) is 4.90 Å². The third-order valence-corrected chi connectivity index (χ3v) is 2.31. The highest BCUT2D eigenvalue weighted by molar-refractivity contribution is 5.88. The van der Waals surface area contributed by atoms with Crippen LogP contribution in [0.5, 0.6) is 0 Å². The predicted octanol–water partition coefficient (Wildman–Crippen LogP) is 0.975. The van der Waals surface area contributed by atoms with Gasteiger partial charge in [0.15, 0.2) is 0 Å². The molecule has 0 aliphatic rings. The second-order valence-corrected chi connectivity index (χ2v) is 3.57. The van der Waals surface area contributed by atoms with Crippen LogP contribution >= 0.6 is 0 Å². The molecule has 1 aromatic rings. The van der Waals surface area contributed by atoms with E-state index in [0.29, 0.717) is 12.1 Å². The fourth-order valence-electron chi connectivity index (χ4n) is 1.53. The molecule has 1 rings (SSSR count). The molecule has 0 aliphatic heterocycles. The van der Waals surface area contributed by atoms with E-state index in [4.69, 9.17) is 10.8 Å². The van der Waals surface area contributed by atoms with Crippen molar-refractivity contribution < 1.29 is 23.5 Å². The summed E-state index contributed by atoms with van der Waals surface area (Å²) in [5.41, 5.74) is 4.01. The number of nitrogens with zero attached hydrogens (tertiary/aromatic N) is 1. The number of carbonyl (C=O) groups is 2. The van der Waals surface area contributed by atoms with E-state index in [-0.39, 0.29) is 13.1 Å². The van der Waals surface area contributed by atoms with Gasteiger partial charge in [0.2, 0.25) is 5.91 Å². The lowest BCUT2D eigenvalue weighted by atomic mass is 10.1. The summed E-state index contributed by atoms with van der Waals surface area (Å²) in [6, 6.07) is 1.40. The van der Waals surface area contributed by atoms with Gasteiger partial charge in [-0.2, -0.15) is 0 Å². The number of carboxylic acids is 1. The van der Waals surface area contributed by atoms with E-state index in [2.05, 4.69) is 0 Å². The van der Waals surface area contributed by atoms with Gasteiger partial charge in [-0.25, -0.2) is 13.6 Å². The summed E-state index contributed by atoms with van der Waals surface area (Å²) in [5, 5.41) is 8.64. The summed E-state index contributed by atoms with van der Waals surface area (Å²) < 4.78 is 27.3. The van der Waals surface area contributed by atoms with Crippen molar-refractivity contribution in [2.75, 3.05) is 18.0 Å². The van der Waals surface area contributed by atoms with Crippen LogP contribution in [0.25, 0.3) is 0 Å². The number of carbonyl (C=O) groups excluding carboxylic acids is 1. The van der Waals surface area contributed by atoms with Gasteiger partial charge >= 0.3 is 5.97 Å². The number of benzene rings is 1. The fourth-order valence-corrected chi connectivity index (χ4v) is 1.53. The summed E-state index contributed by atoms with van der Waals surface area (Å²) in [7, 11) is 0. The molecule has 0 unspecified atom stereocenters. The number of likely N-dealkylation sites (N-methyl/N-ethyl adjacent to an activating group) is 1. The number of hydrogen-bond acceptors (Lipinski definition) is 3. The molecule has 98 valence electrons. The maximum absolute atomic E-state index is 13.7. The number of aromatic carboxylic acids is 1. The van der Waals surface area contributed by atoms with Gasteiger partial charge in [0.25, 0.3) is 0 Å². The summed E-state index contributed by atoms with van der Waals surface area (Å²) >= 11 is 0. The molecule has 1 amide bonds. The Morgan fingerprint density at radius 3 is 2.17 bits per heavy atom. The van der Waals surface area contributed by atoms with Crippen LogP contribution in [0.4, 0.5) is 14.5 Å². The molecule has 0 fully saturated rings. The first-order valence-electron chi connectivity index (χ1n) is 5.12. The average molecular weight is 258 g/mol. The Morgan fingerprint density at radius 1 is 1.33 bits per heavy atom. The first-order valence-corrected chi connectivity index (χ1v) is 5.12. The molecule has 5 nitrogen and oxygen atoms in total. The third kappa shape index (κ3) is 2.93. The van der Waals surface area contributed by atoms with E-state index in [1.165, 1.54) is 0 Å². The van der Waals surface area contributed by atoms with Crippen molar-refractivity contribution in [2.45, 2.75) is 6.92 Å². The van der Waals surface area contributed by atoms with E-state index in [1.807, 2.05) is 0 Å². The van der Waals surface area contributed by atoms with Crippen molar-refractivity contribution in [2.24, 2.45) is 5.73 Å². The molecule has 0 radical (unpaired) electrons. The minimum atomic E-state index is -1.43. The first-order chi connectivity index (χ1) is 8.36. The lowest BCUT2D eigenvalue weighted by molar-refractivity contribution is -0.116. The number of carboxylic acid groups (broad SMARTS) is 1. The fraction of sp³-hybridized carbons (Fsp3) is 0.273. The largest absolute Gasteiger partial charge is 0.478 e. The molecular weight excluding hydrogens is 246 g/mol. The Bertz CT molecular complexity index is 468. The Labute approximate surface area is 102 Å². The van der Waals surface area contributed by atoms with E-state index in [1.54, 1.807) is 6.92 Å². The van der Waals surface area contributed by atoms with Crippen molar-refractivity contribution in [1.82, 2.24) is 0 Å². The Morgan fingerprint density at radius 2 is 1.83 bits per heavy atom. The number of halogens is 2. The smallest absolute Gasteiger partial charge is 0.335 e. The second-order valence-electron chi connectivity index (χ2n) is 3.57. The highest BCUT2D eigenvalue weighted by Crippen LogP contribution is 2.24. The summed E-state index contributed by atoms with van der Waals surface area (Å²) in [6.07, 6.45) is 0. The monoisotopic (exact) mass is 258 g/mol. The number of primary amides is 1. The van der Waals surface area contributed by atoms with Crippen LogP contribution in [0.3, 0.4) is 0 Å². The van der Waals surface area contributed by atoms with Crippen LogP contribution in [0, 0.1) is 11.6 Å². The third-order valence-electron chi connectivity index (χ3n) is 2.31. The zero-order chi connectivity index (χ0) is 13.9. The second kappa shape index (κ2) is 5.44. The quantitative estimate of drug-likeness (QED) is 0.824. The van der Waals surface area contributed by atoms with Gasteiger partial charge in [-0.05, 0) is 19.1 Å².